The molecule has 0 saturated heterocycles. The minimum Gasteiger partial charge on any atom is -0.550 e. The molecule has 1 aromatic heterocycles. The minimum absolute atomic E-state index is 0.0796. The molecule has 0 aliphatic heterocycles. The van der Waals surface area contributed by atoms with E-state index in [-0.39, 0.29) is 12.8 Å². The lowest BCUT2D eigenvalue weighted by molar-refractivity contribution is -0.305. The molecule has 0 amide bonds. The summed E-state index contributed by atoms with van der Waals surface area (Å²) in [5.74, 6) is -0.610. The first-order valence-electron chi connectivity index (χ1n) is 8.50. The Labute approximate surface area is 161 Å². The van der Waals surface area contributed by atoms with Crippen LogP contribution in [0.2, 0.25) is 5.02 Å². The van der Waals surface area contributed by atoms with Crippen LogP contribution in [0.4, 0.5) is 0 Å². The monoisotopic (exact) mass is 385 g/mol. The lowest BCUT2D eigenvalue weighted by atomic mass is 10.0. The molecule has 3 aromatic rings. The number of aryl methyl sites for hydroxylation is 2. The molecule has 0 fully saturated rings. The van der Waals surface area contributed by atoms with Gasteiger partial charge in [-0.25, -0.2) is 4.79 Å². The highest BCUT2D eigenvalue weighted by atomic mass is 35.5. The van der Waals surface area contributed by atoms with Gasteiger partial charge in [0.25, 0.3) is 0 Å². The SMILES string of the molecule is Cc1c(CCC(=O)[O-])c(=O)oc2c(C)c(OCc3ccccc3Cl)ccc12. The van der Waals surface area contributed by atoms with Crippen molar-refractivity contribution in [2.75, 3.05) is 0 Å². The second-order valence-corrected chi connectivity index (χ2v) is 6.72. The second kappa shape index (κ2) is 7.84. The molecule has 5 nitrogen and oxygen atoms in total. The van der Waals surface area contributed by atoms with Crippen molar-refractivity contribution in [2.45, 2.75) is 33.3 Å². The molecule has 1 heterocycles. The Hall–Kier alpha value is -2.79. The molecule has 140 valence electrons. The van der Waals surface area contributed by atoms with Gasteiger partial charge >= 0.3 is 5.63 Å². The number of hydrogen-bond acceptors (Lipinski definition) is 5. The van der Waals surface area contributed by atoms with Crippen LogP contribution < -0.4 is 15.5 Å². The molecule has 6 heteroatoms. The van der Waals surface area contributed by atoms with E-state index in [1.807, 2.05) is 37.3 Å². The summed E-state index contributed by atoms with van der Waals surface area (Å²) in [7, 11) is 0. The summed E-state index contributed by atoms with van der Waals surface area (Å²) < 4.78 is 11.3. The summed E-state index contributed by atoms with van der Waals surface area (Å²) in [5.41, 5.74) is 2.53. The third-order valence-corrected chi connectivity index (χ3v) is 4.94. The van der Waals surface area contributed by atoms with Gasteiger partial charge < -0.3 is 19.1 Å². The Morgan fingerprint density at radius 2 is 1.89 bits per heavy atom. The number of rotatable bonds is 6. The van der Waals surface area contributed by atoms with Crippen LogP contribution in [0.1, 0.15) is 28.7 Å². The van der Waals surface area contributed by atoms with E-state index < -0.39 is 11.6 Å². The Bertz CT molecular complexity index is 1070. The smallest absolute Gasteiger partial charge is 0.339 e. The molecule has 0 aliphatic rings. The summed E-state index contributed by atoms with van der Waals surface area (Å²) >= 11 is 6.15. The number of hydrogen-bond donors (Lipinski definition) is 0. The Morgan fingerprint density at radius 3 is 2.59 bits per heavy atom. The van der Waals surface area contributed by atoms with Crippen molar-refractivity contribution in [3.8, 4) is 5.75 Å². The van der Waals surface area contributed by atoms with E-state index in [4.69, 9.17) is 20.8 Å². The third-order valence-electron chi connectivity index (χ3n) is 4.57. The maximum Gasteiger partial charge on any atom is 0.339 e. The van der Waals surface area contributed by atoms with Crippen molar-refractivity contribution in [2.24, 2.45) is 0 Å². The zero-order valence-corrected chi connectivity index (χ0v) is 15.8. The Morgan fingerprint density at radius 1 is 1.15 bits per heavy atom. The number of halogens is 1. The van der Waals surface area contributed by atoms with Gasteiger partial charge in [0.05, 0.1) is 0 Å². The standard InChI is InChI=1S/C21H19ClO5/c1-12-15-7-9-18(26-11-14-5-3-4-6-17(14)22)13(2)20(15)27-21(25)16(12)8-10-19(23)24/h3-7,9H,8,10-11H2,1-2H3,(H,23,24)/p-1. The van der Waals surface area contributed by atoms with Crippen LogP contribution in [0.15, 0.2) is 45.6 Å². The first kappa shape index (κ1) is 19.0. The molecular formula is C21H18ClO5-. The maximum absolute atomic E-state index is 12.3. The molecule has 3 rings (SSSR count). The molecular weight excluding hydrogens is 368 g/mol. The highest BCUT2D eigenvalue weighted by Crippen LogP contribution is 2.30. The van der Waals surface area contributed by atoms with Crippen LogP contribution >= 0.6 is 11.6 Å². The number of fused-ring (bicyclic) bond motifs is 1. The fraction of sp³-hybridized carbons (Fsp3) is 0.238. The van der Waals surface area contributed by atoms with Crippen LogP contribution in [0.25, 0.3) is 11.0 Å². The number of carbonyl (C=O) groups is 1. The maximum atomic E-state index is 12.3. The molecule has 0 aliphatic carbocycles. The number of ether oxygens (including phenoxy) is 1. The fourth-order valence-corrected chi connectivity index (χ4v) is 3.20. The van der Waals surface area contributed by atoms with E-state index in [0.717, 1.165) is 10.9 Å². The molecule has 27 heavy (non-hydrogen) atoms. The van der Waals surface area contributed by atoms with Crippen LogP contribution in [0.3, 0.4) is 0 Å². The Balaban J connectivity index is 1.95. The van der Waals surface area contributed by atoms with Crippen molar-refractivity contribution in [3.05, 3.63) is 74.1 Å². The van der Waals surface area contributed by atoms with E-state index in [0.29, 0.717) is 39.7 Å². The number of benzene rings is 2. The average molecular weight is 386 g/mol. The third kappa shape index (κ3) is 3.98. The zero-order chi connectivity index (χ0) is 19.6. The van der Waals surface area contributed by atoms with Crippen molar-refractivity contribution in [3.63, 3.8) is 0 Å². The first-order valence-corrected chi connectivity index (χ1v) is 8.88. The van der Waals surface area contributed by atoms with Crippen LogP contribution in [-0.2, 0) is 17.8 Å². The highest BCUT2D eigenvalue weighted by Gasteiger charge is 2.15. The second-order valence-electron chi connectivity index (χ2n) is 6.31. The zero-order valence-electron chi connectivity index (χ0n) is 15.0. The van der Waals surface area contributed by atoms with Gasteiger partial charge in [-0.05, 0) is 50.5 Å². The lowest BCUT2D eigenvalue weighted by Gasteiger charge is -2.14. The minimum atomic E-state index is -1.20. The Kier molecular flexibility index (Phi) is 5.51. The van der Waals surface area contributed by atoms with Crippen molar-refractivity contribution in [1.82, 2.24) is 0 Å². The van der Waals surface area contributed by atoms with Crippen molar-refractivity contribution in [1.29, 1.82) is 0 Å². The molecule has 0 atom stereocenters. The van der Waals surface area contributed by atoms with Crippen molar-refractivity contribution >= 4 is 28.5 Å². The molecule has 0 spiro atoms. The van der Waals surface area contributed by atoms with Crippen LogP contribution in [0, 0.1) is 13.8 Å². The van der Waals surface area contributed by atoms with Crippen LogP contribution in [0.5, 0.6) is 5.75 Å². The number of carbonyl (C=O) groups excluding carboxylic acids is 1. The summed E-state index contributed by atoms with van der Waals surface area (Å²) in [6, 6.07) is 11.0. The van der Waals surface area contributed by atoms with E-state index in [1.54, 1.807) is 13.0 Å². The summed E-state index contributed by atoms with van der Waals surface area (Å²) in [6.07, 6.45) is -0.147. The van der Waals surface area contributed by atoms with E-state index in [2.05, 4.69) is 0 Å². The predicted molar refractivity (Wildman–Crippen MR) is 101 cm³/mol. The van der Waals surface area contributed by atoms with Crippen molar-refractivity contribution < 1.29 is 19.1 Å². The lowest BCUT2D eigenvalue weighted by Crippen LogP contribution is -2.24. The van der Waals surface area contributed by atoms with E-state index in [1.165, 1.54) is 0 Å². The van der Waals surface area contributed by atoms with Gasteiger partial charge in [0, 0.05) is 33.1 Å². The largest absolute Gasteiger partial charge is 0.550 e. The van der Waals surface area contributed by atoms with Gasteiger partial charge in [-0.1, -0.05) is 29.8 Å². The fourth-order valence-electron chi connectivity index (χ4n) is 3.01. The summed E-state index contributed by atoms with van der Waals surface area (Å²) in [5, 5.41) is 12.1. The van der Waals surface area contributed by atoms with Gasteiger partial charge in [0.1, 0.15) is 17.9 Å². The van der Waals surface area contributed by atoms with Gasteiger partial charge in [-0.2, -0.15) is 0 Å². The normalized spacial score (nSPS) is 10.9. The van der Waals surface area contributed by atoms with Gasteiger partial charge in [-0.3, -0.25) is 0 Å². The van der Waals surface area contributed by atoms with E-state index in [9.17, 15) is 14.7 Å². The number of aliphatic carboxylic acids is 1. The molecule has 0 saturated carbocycles. The average Bonchev–Trinajstić information content (AvgIpc) is 2.62. The molecule has 0 radical (unpaired) electrons. The summed E-state index contributed by atoms with van der Waals surface area (Å²) in [4.78, 5) is 23.0. The van der Waals surface area contributed by atoms with Gasteiger partial charge in [0.2, 0.25) is 0 Å². The molecule has 2 aromatic carbocycles. The van der Waals surface area contributed by atoms with Gasteiger partial charge in [-0.15, -0.1) is 0 Å². The number of carboxylic acids is 1. The quantitative estimate of drug-likeness (QED) is 0.608. The van der Waals surface area contributed by atoms with E-state index >= 15 is 0 Å². The van der Waals surface area contributed by atoms with Crippen LogP contribution in [-0.4, -0.2) is 5.97 Å². The molecule has 0 unspecified atom stereocenters. The predicted octanol–water partition coefficient (Wildman–Crippen LogP) is 3.32. The topological polar surface area (TPSA) is 79.6 Å². The van der Waals surface area contributed by atoms with Gasteiger partial charge in [0.15, 0.2) is 0 Å². The molecule has 0 N–H and O–H groups in total. The molecule has 0 bridgehead atoms. The first-order chi connectivity index (χ1) is 12.9. The summed E-state index contributed by atoms with van der Waals surface area (Å²) in [6.45, 7) is 3.89. The highest BCUT2D eigenvalue weighted by molar-refractivity contribution is 6.31. The number of carboxylic acid groups (broad SMARTS) is 1.